The maximum absolute atomic E-state index is 13.5. The average Bonchev–Trinajstić information content (AvgIpc) is 2.42. The number of rotatable bonds is 5. The largest absolute Gasteiger partial charge is 0.491 e. The molecule has 0 aromatic heterocycles. The molecule has 0 spiro atoms. The van der Waals surface area contributed by atoms with E-state index in [-0.39, 0.29) is 17.2 Å². The molecular formula is C15H15F2NO2. The van der Waals surface area contributed by atoms with Gasteiger partial charge in [0.05, 0.1) is 6.61 Å². The zero-order valence-corrected chi connectivity index (χ0v) is 11.0. The fraction of sp³-hybridized carbons (Fsp3) is 0.200. The number of ether oxygens (including phenoxy) is 2. The molecule has 0 aliphatic carbocycles. The monoisotopic (exact) mass is 279 g/mol. The van der Waals surface area contributed by atoms with Gasteiger partial charge in [-0.25, -0.2) is 8.78 Å². The average molecular weight is 279 g/mol. The number of benzene rings is 2. The van der Waals surface area contributed by atoms with Crippen molar-refractivity contribution in [3.05, 3.63) is 48.0 Å². The van der Waals surface area contributed by atoms with Crippen molar-refractivity contribution in [3.8, 4) is 17.2 Å². The Hall–Kier alpha value is -2.30. The van der Waals surface area contributed by atoms with Crippen molar-refractivity contribution >= 4 is 5.69 Å². The minimum atomic E-state index is -0.788. The number of nitrogen functional groups attached to an aromatic ring is 1. The van der Waals surface area contributed by atoms with Gasteiger partial charge >= 0.3 is 0 Å². The number of hydrogen-bond donors (Lipinski definition) is 1. The molecule has 2 N–H and O–H groups in total. The van der Waals surface area contributed by atoms with Crippen LogP contribution in [0.1, 0.15) is 13.3 Å². The van der Waals surface area contributed by atoms with E-state index in [1.807, 2.05) is 6.92 Å². The van der Waals surface area contributed by atoms with Crippen LogP contribution in [0.5, 0.6) is 17.2 Å². The first-order valence-corrected chi connectivity index (χ1v) is 6.26. The molecule has 0 atom stereocenters. The van der Waals surface area contributed by atoms with Gasteiger partial charge in [0.15, 0.2) is 17.3 Å². The number of hydrogen-bond acceptors (Lipinski definition) is 3. The molecule has 0 aliphatic heterocycles. The van der Waals surface area contributed by atoms with Crippen LogP contribution in [-0.2, 0) is 0 Å². The van der Waals surface area contributed by atoms with Crippen molar-refractivity contribution in [1.82, 2.24) is 0 Å². The predicted octanol–water partition coefficient (Wildman–Crippen LogP) is 4.13. The van der Waals surface area contributed by atoms with E-state index in [9.17, 15) is 8.78 Å². The van der Waals surface area contributed by atoms with Crippen molar-refractivity contribution in [2.75, 3.05) is 12.3 Å². The first-order valence-electron chi connectivity index (χ1n) is 6.26. The van der Waals surface area contributed by atoms with Crippen molar-refractivity contribution in [1.29, 1.82) is 0 Å². The van der Waals surface area contributed by atoms with Crippen LogP contribution in [0.3, 0.4) is 0 Å². The van der Waals surface area contributed by atoms with Gasteiger partial charge in [0.1, 0.15) is 17.3 Å². The van der Waals surface area contributed by atoms with E-state index in [2.05, 4.69) is 0 Å². The molecule has 0 amide bonds. The first-order chi connectivity index (χ1) is 9.61. The van der Waals surface area contributed by atoms with Crippen LogP contribution in [-0.4, -0.2) is 6.61 Å². The Morgan fingerprint density at radius 1 is 1.05 bits per heavy atom. The highest BCUT2D eigenvalue weighted by molar-refractivity contribution is 5.63. The molecule has 0 unspecified atom stereocenters. The summed E-state index contributed by atoms with van der Waals surface area (Å²) in [7, 11) is 0. The lowest BCUT2D eigenvalue weighted by atomic mass is 10.2. The second-order valence-electron chi connectivity index (χ2n) is 4.19. The molecule has 106 valence electrons. The first kappa shape index (κ1) is 14.1. The topological polar surface area (TPSA) is 44.5 Å². The Morgan fingerprint density at radius 2 is 1.80 bits per heavy atom. The van der Waals surface area contributed by atoms with Crippen molar-refractivity contribution < 1.29 is 18.3 Å². The van der Waals surface area contributed by atoms with Gasteiger partial charge in [-0.2, -0.15) is 0 Å². The number of nitrogens with two attached hydrogens (primary N) is 1. The highest BCUT2D eigenvalue weighted by Crippen LogP contribution is 2.35. The lowest BCUT2D eigenvalue weighted by Gasteiger charge is -2.13. The zero-order chi connectivity index (χ0) is 14.5. The summed E-state index contributed by atoms with van der Waals surface area (Å²) in [5.74, 6) is -0.797. The Balaban J connectivity index is 2.24. The smallest absolute Gasteiger partial charge is 0.168 e. The lowest BCUT2D eigenvalue weighted by molar-refractivity contribution is 0.317. The molecule has 2 aromatic rings. The summed E-state index contributed by atoms with van der Waals surface area (Å²) in [5, 5.41) is 0. The fourth-order valence-corrected chi connectivity index (χ4v) is 1.63. The van der Waals surface area contributed by atoms with Crippen molar-refractivity contribution in [2.45, 2.75) is 13.3 Å². The molecule has 3 nitrogen and oxygen atoms in total. The summed E-state index contributed by atoms with van der Waals surface area (Å²) in [6.07, 6.45) is 0.844. The van der Waals surface area contributed by atoms with Crippen molar-refractivity contribution in [2.24, 2.45) is 0 Å². The van der Waals surface area contributed by atoms with E-state index < -0.39 is 11.6 Å². The van der Waals surface area contributed by atoms with Crippen LogP contribution in [0.15, 0.2) is 36.4 Å². The van der Waals surface area contributed by atoms with E-state index in [1.54, 1.807) is 18.2 Å². The van der Waals surface area contributed by atoms with E-state index in [0.717, 1.165) is 18.6 Å². The van der Waals surface area contributed by atoms with Gasteiger partial charge < -0.3 is 15.2 Å². The molecular weight excluding hydrogens is 264 g/mol. The molecule has 0 heterocycles. The highest BCUT2D eigenvalue weighted by atomic mass is 19.1. The Kier molecular flexibility index (Phi) is 4.40. The third-order valence-electron chi connectivity index (χ3n) is 2.60. The van der Waals surface area contributed by atoms with Gasteiger partial charge in [0.2, 0.25) is 0 Å². The number of halogens is 2. The van der Waals surface area contributed by atoms with E-state index in [1.165, 1.54) is 6.07 Å². The molecule has 0 saturated carbocycles. The Labute approximate surface area is 115 Å². The van der Waals surface area contributed by atoms with Gasteiger partial charge in [-0.05, 0) is 30.7 Å². The van der Waals surface area contributed by atoms with Gasteiger partial charge in [-0.15, -0.1) is 0 Å². The van der Waals surface area contributed by atoms with Gasteiger partial charge in [-0.1, -0.05) is 13.0 Å². The highest BCUT2D eigenvalue weighted by Gasteiger charge is 2.11. The normalized spacial score (nSPS) is 10.3. The van der Waals surface area contributed by atoms with E-state index in [4.69, 9.17) is 15.2 Å². The Bertz CT molecular complexity index is 602. The molecule has 0 bridgehead atoms. The molecule has 2 rings (SSSR count). The van der Waals surface area contributed by atoms with Crippen molar-refractivity contribution in [3.63, 3.8) is 0 Å². The number of para-hydroxylation sites is 1. The van der Waals surface area contributed by atoms with Crippen LogP contribution in [0, 0.1) is 11.6 Å². The third-order valence-corrected chi connectivity index (χ3v) is 2.60. The summed E-state index contributed by atoms with van der Waals surface area (Å²) in [6.45, 7) is 2.50. The third kappa shape index (κ3) is 3.17. The molecule has 2 aromatic carbocycles. The molecule has 0 fully saturated rings. The van der Waals surface area contributed by atoms with Crippen LogP contribution < -0.4 is 15.2 Å². The zero-order valence-electron chi connectivity index (χ0n) is 11.0. The summed E-state index contributed by atoms with van der Waals surface area (Å²) in [6, 6.07) is 8.08. The summed E-state index contributed by atoms with van der Waals surface area (Å²) in [5.41, 5.74) is 6.19. The molecule has 20 heavy (non-hydrogen) atoms. The summed E-state index contributed by atoms with van der Waals surface area (Å²) < 4.78 is 37.2. The van der Waals surface area contributed by atoms with E-state index >= 15 is 0 Å². The summed E-state index contributed by atoms with van der Waals surface area (Å²) >= 11 is 0. The van der Waals surface area contributed by atoms with Crippen LogP contribution >= 0.6 is 0 Å². The summed E-state index contributed by atoms with van der Waals surface area (Å²) in [4.78, 5) is 0. The molecule has 0 saturated heterocycles. The molecule has 0 aliphatic rings. The predicted molar refractivity (Wildman–Crippen MR) is 73.1 cm³/mol. The van der Waals surface area contributed by atoms with Crippen LogP contribution in [0.2, 0.25) is 0 Å². The van der Waals surface area contributed by atoms with Crippen LogP contribution in [0.4, 0.5) is 14.5 Å². The van der Waals surface area contributed by atoms with Gasteiger partial charge in [0, 0.05) is 6.07 Å². The fourth-order valence-electron chi connectivity index (χ4n) is 1.63. The standard InChI is InChI=1S/C15H15F2NO2/c1-2-8-19-13-4-3-5-14(15(13)18)20-12-7-6-10(16)9-11(12)17/h3-7,9H,2,8,18H2,1H3. The molecule has 5 heteroatoms. The molecule has 0 radical (unpaired) electrons. The van der Waals surface area contributed by atoms with E-state index in [0.29, 0.717) is 12.4 Å². The minimum Gasteiger partial charge on any atom is -0.491 e. The van der Waals surface area contributed by atoms with Gasteiger partial charge in [-0.3, -0.25) is 0 Å². The minimum absolute atomic E-state index is 0.0919. The van der Waals surface area contributed by atoms with Crippen LogP contribution in [0.25, 0.3) is 0 Å². The maximum Gasteiger partial charge on any atom is 0.168 e. The number of anilines is 1. The maximum atomic E-state index is 13.5. The Morgan fingerprint density at radius 3 is 2.50 bits per heavy atom. The quantitative estimate of drug-likeness (QED) is 0.837. The second kappa shape index (κ2) is 6.23. The second-order valence-corrected chi connectivity index (χ2v) is 4.19. The van der Waals surface area contributed by atoms with Gasteiger partial charge in [0.25, 0.3) is 0 Å². The lowest BCUT2D eigenvalue weighted by Crippen LogP contribution is -2.01. The SMILES string of the molecule is CCCOc1cccc(Oc2ccc(F)cc2F)c1N.